The molecule has 3 aromatic heterocycles. The molecule has 9 nitrogen and oxygen atoms in total. The van der Waals surface area contributed by atoms with Crippen LogP contribution < -0.4 is 10.1 Å². The van der Waals surface area contributed by atoms with Gasteiger partial charge >= 0.3 is 6.09 Å². The number of aromatic nitrogens is 5. The van der Waals surface area contributed by atoms with Crippen LogP contribution in [0.3, 0.4) is 0 Å². The number of carbonyl (C=O) groups is 1. The molecule has 1 N–H and O–H groups in total. The predicted molar refractivity (Wildman–Crippen MR) is 124 cm³/mol. The van der Waals surface area contributed by atoms with Gasteiger partial charge in [-0.1, -0.05) is 6.08 Å². The Morgan fingerprint density at radius 2 is 2.06 bits per heavy atom. The zero-order valence-electron chi connectivity index (χ0n) is 19.0. The third kappa shape index (κ3) is 4.40. The van der Waals surface area contributed by atoms with Crippen LogP contribution >= 0.6 is 11.8 Å². The van der Waals surface area contributed by atoms with Crippen LogP contribution in [0.5, 0.6) is 5.75 Å². The second-order valence-corrected chi connectivity index (χ2v) is 9.49. The van der Waals surface area contributed by atoms with Crippen molar-refractivity contribution in [2.75, 3.05) is 18.2 Å². The molecule has 1 aliphatic heterocycles. The molecular weight excluding hydrogens is 428 g/mol. The van der Waals surface area contributed by atoms with Crippen molar-refractivity contribution in [3.05, 3.63) is 34.8 Å². The number of hydrogen-bond donors (Lipinski definition) is 1. The van der Waals surface area contributed by atoms with Crippen molar-refractivity contribution in [1.29, 1.82) is 0 Å². The van der Waals surface area contributed by atoms with Crippen LogP contribution in [0.25, 0.3) is 17.1 Å². The minimum atomic E-state index is -0.624. The number of carbonyl (C=O) groups excluding carboxylic acids is 1. The number of methoxy groups -OCH3 is 1. The maximum absolute atomic E-state index is 12.3. The summed E-state index contributed by atoms with van der Waals surface area (Å²) in [5.41, 5.74) is 3.55. The largest absolute Gasteiger partial charge is 0.496 e. The predicted octanol–water partition coefficient (Wildman–Crippen LogP) is 4.36. The Bertz CT molecular complexity index is 1230. The van der Waals surface area contributed by atoms with Gasteiger partial charge in [0.05, 0.1) is 30.4 Å². The van der Waals surface area contributed by atoms with Gasteiger partial charge < -0.3 is 9.47 Å². The van der Waals surface area contributed by atoms with Crippen molar-refractivity contribution in [2.24, 2.45) is 0 Å². The normalized spacial score (nSPS) is 13.2. The molecule has 168 valence electrons. The number of thioether (sulfide) groups is 1. The number of nitrogens with one attached hydrogen (secondary N) is 1. The molecule has 4 rings (SSSR count). The van der Waals surface area contributed by atoms with E-state index in [0.29, 0.717) is 12.2 Å². The molecule has 0 bridgehead atoms. The molecule has 0 aliphatic carbocycles. The Morgan fingerprint density at radius 3 is 2.78 bits per heavy atom. The molecule has 0 aromatic carbocycles. The summed E-state index contributed by atoms with van der Waals surface area (Å²) in [6.45, 7) is 9.76. The van der Waals surface area contributed by atoms with Crippen molar-refractivity contribution < 1.29 is 14.3 Å². The van der Waals surface area contributed by atoms with Crippen molar-refractivity contribution >= 4 is 40.9 Å². The van der Waals surface area contributed by atoms with Crippen LogP contribution in [-0.2, 0) is 11.3 Å². The highest BCUT2D eigenvalue weighted by Crippen LogP contribution is 2.33. The van der Waals surface area contributed by atoms with E-state index in [0.717, 1.165) is 44.4 Å². The van der Waals surface area contributed by atoms with Crippen molar-refractivity contribution in [1.82, 2.24) is 24.7 Å². The first-order chi connectivity index (χ1) is 15.2. The van der Waals surface area contributed by atoms with Crippen LogP contribution in [0.4, 0.5) is 10.7 Å². The third-order valence-electron chi connectivity index (χ3n) is 4.84. The zero-order chi connectivity index (χ0) is 23.0. The molecule has 0 fully saturated rings. The minimum absolute atomic E-state index is 0.176. The topological polar surface area (TPSA) is 104 Å². The lowest BCUT2D eigenvalue weighted by Gasteiger charge is -2.19. The highest BCUT2D eigenvalue weighted by molar-refractivity contribution is 7.99. The van der Waals surface area contributed by atoms with Gasteiger partial charge in [-0.2, -0.15) is 10.1 Å². The van der Waals surface area contributed by atoms with Crippen molar-refractivity contribution in [2.45, 2.75) is 51.8 Å². The molecule has 3 aromatic rings. The molecule has 0 atom stereocenters. The van der Waals surface area contributed by atoms with Crippen LogP contribution in [0.15, 0.2) is 17.3 Å². The molecule has 0 unspecified atom stereocenters. The van der Waals surface area contributed by atoms with Crippen molar-refractivity contribution in [3.63, 3.8) is 0 Å². The molecule has 0 spiro atoms. The third-order valence-corrected chi connectivity index (χ3v) is 5.77. The number of amides is 1. The van der Waals surface area contributed by atoms with Gasteiger partial charge in [0.1, 0.15) is 16.4 Å². The van der Waals surface area contributed by atoms with Gasteiger partial charge in [0.25, 0.3) is 0 Å². The minimum Gasteiger partial charge on any atom is -0.496 e. The van der Waals surface area contributed by atoms with E-state index in [4.69, 9.17) is 14.6 Å². The van der Waals surface area contributed by atoms with Gasteiger partial charge in [-0.3, -0.25) is 10.3 Å². The first kappa shape index (κ1) is 22.1. The number of anilines is 1. The second kappa shape index (κ2) is 8.42. The van der Waals surface area contributed by atoms with E-state index in [9.17, 15) is 4.79 Å². The quantitative estimate of drug-likeness (QED) is 0.580. The smallest absolute Gasteiger partial charge is 0.414 e. The van der Waals surface area contributed by atoms with Gasteiger partial charge in [-0.15, -0.1) is 11.8 Å². The Balaban J connectivity index is 1.77. The first-order valence-corrected chi connectivity index (χ1v) is 11.2. The van der Waals surface area contributed by atoms with E-state index < -0.39 is 11.7 Å². The monoisotopic (exact) mass is 454 g/mol. The van der Waals surface area contributed by atoms with E-state index >= 15 is 0 Å². The fourth-order valence-electron chi connectivity index (χ4n) is 3.51. The maximum Gasteiger partial charge on any atom is 0.414 e. The zero-order valence-corrected chi connectivity index (χ0v) is 19.8. The van der Waals surface area contributed by atoms with Gasteiger partial charge in [-0.25, -0.2) is 14.5 Å². The SMILES string of the molecule is COc1c(C)cnc(Cn2nc3c4c(nc(NC(=O)OC(C)(C)C)nc42)SCC=C3)c1C. The summed E-state index contributed by atoms with van der Waals surface area (Å²) < 4.78 is 12.7. The Labute approximate surface area is 190 Å². The first-order valence-electron chi connectivity index (χ1n) is 10.2. The standard InChI is InChI=1S/C22H26N6O3S/c1-12-10-23-15(13(2)17(12)30-6)11-28-18-16-14(27-28)8-7-9-32-19(16)25-20(24-18)26-21(29)31-22(3,4)5/h7-8,10H,9,11H2,1-6H3,(H,24,25,26,29). The summed E-state index contributed by atoms with van der Waals surface area (Å²) in [4.78, 5) is 26.0. The van der Waals surface area contributed by atoms with E-state index in [2.05, 4.69) is 20.3 Å². The lowest BCUT2D eigenvalue weighted by atomic mass is 10.1. The molecule has 32 heavy (non-hydrogen) atoms. The van der Waals surface area contributed by atoms with Crippen LogP contribution in [0, 0.1) is 13.8 Å². The van der Waals surface area contributed by atoms with Gasteiger partial charge in [-0.05, 0) is 40.7 Å². The molecule has 0 radical (unpaired) electrons. The van der Waals surface area contributed by atoms with E-state index in [-0.39, 0.29) is 5.95 Å². The van der Waals surface area contributed by atoms with Crippen LogP contribution in [0.1, 0.15) is 43.3 Å². The molecule has 10 heteroatoms. The number of hydrogen-bond acceptors (Lipinski definition) is 8. The van der Waals surface area contributed by atoms with Crippen LogP contribution in [-0.4, -0.2) is 49.3 Å². The van der Waals surface area contributed by atoms with E-state index in [1.807, 2.05) is 26.0 Å². The second-order valence-electron chi connectivity index (χ2n) is 8.48. The van der Waals surface area contributed by atoms with E-state index in [1.54, 1.807) is 50.5 Å². The Hall–Kier alpha value is -3.14. The summed E-state index contributed by atoms with van der Waals surface area (Å²) in [5.74, 6) is 1.74. The fourth-order valence-corrected chi connectivity index (χ4v) is 4.35. The maximum atomic E-state index is 12.3. The fraction of sp³-hybridized carbons (Fsp3) is 0.409. The summed E-state index contributed by atoms with van der Waals surface area (Å²) in [7, 11) is 1.66. The Kier molecular flexibility index (Phi) is 5.81. The molecular formula is C22H26N6O3S. The summed E-state index contributed by atoms with van der Waals surface area (Å²) >= 11 is 1.57. The molecule has 1 amide bonds. The lowest BCUT2D eigenvalue weighted by Crippen LogP contribution is -2.28. The van der Waals surface area contributed by atoms with Gasteiger partial charge in [0.15, 0.2) is 5.65 Å². The number of rotatable bonds is 4. The number of nitrogens with zero attached hydrogens (tertiary/aromatic N) is 5. The van der Waals surface area contributed by atoms with Gasteiger partial charge in [0.2, 0.25) is 5.95 Å². The Morgan fingerprint density at radius 1 is 1.28 bits per heavy atom. The van der Waals surface area contributed by atoms with E-state index in [1.165, 1.54) is 0 Å². The van der Waals surface area contributed by atoms with Crippen LogP contribution in [0.2, 0.25) is 0 Å². The number of aryl methyl sites for hydroxylation is 1. The molecule has 4 heterocycles. The summed E-state index contributed by atoms with van der Waals surface area (Å²) in [5, 5.41) is 9.04. The molecule has 1 aliphatic rings. The average molecular weight is 455 g/mol. The highest BCUT2D eigenvalue weighted by atomic mass is 32.2. The number of pyridine rings is 1. The summed E-state index contributed by atoms with van der Waals surface area (Å²) in [6.07, 6.45) is 5.20. The number of ether oxygens (including phenoxy) is 2. The summed E-state index contributed by atoms with van der Waals surface area (Å²) in [6, 6.07) is 0. The lowest BCUT2D eigenvalue weighted by molar-refractivity contribution is 0.0634. The van der Waals surface area contributed by atoms with Crippen molar-refractivity contribution in [3.8, 4) is 5.75 Å². The molecule has 0 saturated carbocycles. The highest BCUT2D eigenvalue weighted by Gasteiger charge is 2.23. The molecule has 0 saturated heterocycles. The average Bonchev–Trinajstić information content (AvgIpc) is 2.90. The van der Waals surface area contributed by atoms with Gasteiger partial charge in [0, 0.05) is 23.1 Å².